The Kier molecular flexibility index (Phi) is 5.52. The van der Waals surface area contributed by atoms with Crippen LogP contribution in [-0.2, 0) is 4.79 Å². The highest BCUT2D eigenvalue weighted by Gasteiger charge is 2.28. The van der Waals surface area contributed by atoms with Gasteiger partial charge < -0.3 is 14.4 Å². The molecule has 0 N–H and O–H groups in total. The van der Waals surface area contributed by atoms with Crippen LogP contribution >= 0.6 is 23.2 Å². The lowest BCUT2D eigenvalue weighted by Gasteiger charge is -2.35. The lowest BCUT2D eigenvalue weighted by atomic mass is 10.1. The number of imidazole rings is 1. The van der Waals surface area contributed by atoms with Crippen LogP contribution in [0.2, 0.25) is 0 Å². The number of aryl methyl sites for hydroxylation is 1. The second-order valence-corrected chi connectivity index (χ2v) is 8.69. The van der Waals surface area contributed by atoms with Gasteiger partial charge in [-0.25, -0.2) is 4.98 Å². The van der Waals surface area contributed by atoms with Crippen molar-refractivity contribution in [1.29, 1.82) is 0 Å². The summed E-state index contributed by atoms with van der Waals surface area (Å²) in [6.45, 7) is 3.87. The number of fused-ring (bicyclic) bond motifs is 1. The first-order chi connectivity index (χ1) is 13.5. The van der Waals surface area contributed by atoms with Crippen LogP contribution in [0.25, 0.3) is 11.0 Å². The Morgan fingerprint density at radius 3 is 2.36 bits per heavy atom. The quantitative estimate of drug-likeness (QED) is 0.710. The van der Waals surface area contributed by atoms with Gasteiger partial charge in [0.1, 0.15) is 5.82 Å². The Bertz CT molecular complexity index is 897. The van der Waals surface area contributed by atoms with Crippen molar-refractivity contribution in [3.05, 3.63) is 29.6 Å². The van der Waals surface area contributed by atoms with Crippen molar-refractivity contribution in [1.82, 2.24) is 19.4 Å². The van der Waals surface area contributed by atoms with Crippen LogP contribution in [0.5, 0.6) is 0 Å². The van der Waals surface area contributed by atoms with E-state index in [9.17, 15) is 9.59 Å². The molecule has 2 aliphatic rings. The van der Waals surface area contributed by atoms with Crippen molar-refractivity contribution in [3.8, 4) is 0 Å². The van der Waals surface area contributed by atoms with Gasteiger partial charge in [0.05, 0.1) is 11.0 Å². The monoisotopic (exact) mass is 422 g/mol. The molecule has 2 amide bonds. The summed E-state index contributed by atoms with van der Waals surface area (Å²) >= 11 is 11.3. The van der Waals surface area contributed by atoms with E-state index in [0.29, 0.717) is 37.8 Å². The van der Waals surface area contributed by atoms with Crippen molar-refractivity contribution in [2.24, 2.45) is 0 Å². The zero-order valence-electron chi connectivity index (χ0n) is 15.9. The first-order valence-electron chi connectivity index (χ1n) is 9.80. The van der Waals surface area contributed by atoms with Crippen LogP contribution in [-0.4, -0.2) is 62.2 Å². The normalized spacial score (nSPS) is 18.4. The Morgan fingerprint density at radius 1 is 1.07 bits per heavy atom. The van der Waals surface area contributed by atoms with Crippen molar-refractivity contribution in [3.63, 3.8) is 0 Å². The summed E-state index contributed by atoms with van der Waals surface area (Å²) in [6.07, 6.45) is 4.93. The van der Waals surface area contributed by atoms with Gasteiger partial charge in [-0.15, -0.1) is 0 Å². The molecule has 6 nitrogen and oxygen atoms in total. The first kappa shape index (κ1) is 19.5. The van der Waals surface area contributed by atoms with E-state index in [0.717, 1.165) is 16.9 Å². The third-order valence-corrected chi connectivity index (χ3v) is 6.24. The van der Waals surface area contributed by atoms with Crippen molar-refractivity contribution >= 4 is 46.0 Å². The standard InChI is InChI=1S/C20H24Cl2N4O2/c1-13-23-16-12-14(6-7-17(16)26(13)15-4-2-3-5-15)19(27)24-8-10-25(11-9-24)20(28)18(21)22/h6-7,12,15,18H,2-5,8-11H2,1H3. The number of nitrogens with zero attached hydrogens (tertiary/aromatic N) is 4. The third kappa shape index (κ3) is 3.60. The maximum Gasteiger partial charge on any atom is 0.255 e. The highest BCUT2D eigenvalue weighted by atomic mass is 35.5. The third-order valence-electron chi connectivity index (χ3n) is 5.87. The molecule has 1 aromatic carbocycles. The lowest BCUT2D eigenvalue weighted by molar-refractivity contribution is -0.130. The fourth-order valence-corrected chi connectivity index (χ4v) is 4.70. The minimum absolute atomic E-state index is 0.0321. The van der Waals surface area contributed by atoms with E-state index in [4.69, 9.17) is 28.2 Å². The maximum atomic E-state index is 12.9. The van der Waals surface area contributed by atoms with Crippen LogP contribution < -0.4 is 0 Å². The van der Waals surface area contributed by atoms with Crippen LogP contribution in [0, 0.1) is 6.92 Å². The number of piperazine rings is 1. The summed E-state index contributed by atoms with van der Waals surface area (Å²) in [5, 5.41) is 0. The highest BCUT2D eigenvalue weighted by molar-refractivity contribution is 6.53. The first-order valence-corrected chi connectivity index (χ1v) is 10.7. The average molecular weight is 423 g/mol. The Labute approximate surface area is 174 Å². The Morgan fingerprint density at radius 2 is 1.71 bits per heavy atom. The van der Waals surface area contributed by atoms with Gasteiger partial charge in [-0.05, 0) is 38.0 Å². The van der Waals surface area contributed by atoms with Crippen molar-refractivity contribution in [2.45, 2.75) is 43.5 Å². The second-order valence-electron chi connectivity index (χ2n) is 7.59. The van der Waals surface area contributed by atoms with Crippen LogP contribution in [0.1, 0.15) is 47.9 Å². The minimum Gasteiger partial charge on any atom is -0.337 e. The van der Waals surface area contributed by atoms with Gasteiger partial charge in [-0.3, -0.25) is 9.59 Å². The topological polar surface area (TPSA) is 58.4 Å². The molecule has 1 saturated heterocycles. The summed E-state index contributed by atoms with van der Waals surface area (Å²) in [4.78, 5) is 31.8. The molecule has 0 radical (unpaired) electrons. The van der Waals surface area contributed by atoms with Gasteiger partial charge in [0.2, 0.25) is 0 Å². The summed E-state index contributed by atoms with van der Waals surface area (Å²) in [5.74, 6) is 0.676. The van der Waals surface area contributed by atoms with Crippen LogP contribution in [0.3, 0.4) is 0 Å². The van der Waals surface area contributed by atoms with Crippen molar-refractivity contribution in [2.75, 3.05) is 26.2 Å². The molecule has 1 aromatic heterocycles. The largest absolute Gasteiger partial charge is 0.337 e. The number of alkyl halides is 2. The number of benzene rings is 1. The van der Waals surface area contributed by atoms with E-state index >= 15 is 0 Å². The van der Waals surface area contributed by atoms with Crippen LogP contribution in [0.4, 0.5) is 0 Å². The molecule has 1 saturated carbocycles. The number of hydrogen-bond acceptors (Lipinski definition) is 3. The molecular weight excluding hydrogens is 399 g/mol. The molecule has 8 heteroatoms. The summed E-state index contributed by atoms with van der Waals surface area (Å²) in [7, 11) is 0. The smallest absolute Gasteiger partial charge is 0.255 e. The molecule has 2 fully saturated rings. The predicted molar refractivity (Wildman–Crippen MR) is 110 cm³/mol. The van der Waals surface area contributed by atoms with E-state index in [1.807, 2.05) is 25.1 Å². The molecule has 150 valence electrons. The Balaban J connectivity index is 1.50. The molecule has 0 atom stereocenters. The van der Waals surface area contributed by atoms with Crippen LogP contribution in [0.15, 0.2) is 18.2 Å². The van der Waals surface area contributed by atoms with E-state index in [-0.39, 0.29) is 11.8 Å². The molecule has 0 unspecified atom stereocenters. The highest BCUT2D eigenvalue weighted by Crippen LogP contribution is 2.33. The number of aromatic nitrogens is 2. The molecule has 4 rings (SSSR count). The maximum absolute atomic E-state index is 12.9. The number of amides is 2. The van der Waals surface area contributed by atoms with Gasteiger partial charge in [0.15, 0.2) is 4.84 Å². The number of halogens is 2. The fourth-order valence-electron chi connectivity index (χ4n) is 4.43. The SMILES string of the molecule is Cc1nc2cc(C(=O)N3CCN(C(=O)C(Cl)Cl)CC3)ccc2n1C1CCCC1. The second kappa shape index (κ2) is 7.91. The summed E-state index contributed by atoms with van der Waals surface area (Å²) < 4.78 is 2.33. The zero-order valence-corrected chi connectivity index (χ0v) is 17.4. The predicted octanol–water partition coefficient (Wildman–Crippen LogP) is 3.55. The van der Waals surface area contributed by atoms with E-state index in [1.165, 1.54) is 25.7 Å². The van der Waals surface area contributed by atoms with Gasteiger partial charge in [-0.1, -0.05) is 36.0 Å². The number of carbonyl (C=O) groups excluding carboxylic acids is 2. The number of carbonyl (C=O) groups is 2. The van der Waals surface area contributed by atoms with Gasteiger partial charge in [-0.2, -0.15) is 0 Å². The fraction of sp³-hybridized carbons (Fsp3) is 0.550. The molecule has 28 heavy (non-hydrogen) atoms. The van der Waals surface area contributed by atoms with E-state index < -0.39 is 4.84 Å². The number of rotatable bonds is 3. The lowest BCUT2D eigenvalue weighted by Crippen LogP contribution is -2.51. The van der Waals surface area contributed by atoms with Gasteiger partial charge in [0, 0.05) is 37.8 Å². The van der Waals surface area contributed by atoms with E-state index in [1.54, 1.807) is 9.80 Å². The molecular formula is C20H24Cl2N4O2. The molecule has 1 aliphatic heterocycles. The molecule has 1 aliphatic carbocycles. The molecule has 2 heterocycles. The zero-order chi connectivity index (χ0) is 19.8. The molecule has 0 bridgehead atoms. The van der Waals surface area contributed by atoms with Gasteiger partial charge >= 0.3 is 0 Å². The molecule has 0 spiro atoms. The van der Waals surface area contributed by atoms with Gasteiger partial charge in [0.25, 0.3) is 11.8 Å². The average Bonchev–Trinajstić information content (AvgIpc) is 3.32. The number of hydrogen-bond donors (Lipinski definition) is 0. The minimum atomic E-state index is -1.05. The summed E-state index contributed by atoms with van der Waals surface area (Å²) in [5.41, 5.74) is 2.61. The Hall–Kier alpha value is -1.79. The summed E-state index contributed by atoms with van der Waals surface area (Å²) in [6, 6.07) is 6.32. The molecule has 2 aromatic rings. The van der Waals surface area contributed by atoms with E-state index in [2.05, 4.69) is 4.57 Å². The van der Waals surface area contributed by atoms with Crippen molar-refractivity contribution < 1.29 is 9.59 Å².